The van der Waals surface area contributed by atoms with Crippen LogP contribution in [-0.2, 0) is 13.0 Å². The first kappa shape index (κ1) is 13.0. The number of halogens is 1. The first-order valence-corrected chi connectivity index (χ1v) is 6.65. The number of pyridine rings is 1. The molecule has 2 heterocycles. The molecule has 5 heteroatoms. The minimum absolute atomic E-state index is 0.0685. The third-order valence-corrected chi connectivity index (χ3v) is 3.19. The van der Waals surface area contributed by atoms with Gasteiger partial charge in [0.2, 0.25) is 0 Å². The van der Waals surface area contributed by atoms with E-state index in [9.17, 15) is 4.79 Å². The van der Waals surface area contributed by atoms with Crippen molar-refractivity contribution in [2.45, 2.75) is 26.3 Å². The maximum atomic E-state index is 12.3. The lowest BCUT2D eigenvalue weighted by atomic mass is 10.1. The zero-order valence-electron chi connectivity index (χ0n) is 10.1. The van der Waals surface area contributed by atoms with Crippen molar-refractivity contribution in [1.29, 1.82) is 0 Å². The normalized spacial score (nSPS) is 10.6. The first-order valence-electron chi connectivity index (χ1n) is 5.85. The Balaban J connectivity index is 2.21. The fraction of sp³-hybridized carbons (Fsp3) is 0.308. The van der Waals surface area contributed by atoms with E-state index in [4.69, 9.17) is 0 Å². The Morgan fingerprint density at radius 3 is 2.78 bits per heavy atom. The third-order valence-electron chi connectivity index (χ3n) is 2.61. The summed E-state index contributed by atoms with van der Waals surface area (Å²) >= 11 is 3.38. The molecule has 0 aliphatic heterocycles. The van der Waals surface area contributed by atoms with Gasteiger partial charge in [-0.2, -0.15) is 5.10 Å². The molecule has 0 atom stereocenters. The standard InChI is InChI=1S/C13H14BrN3O/c1-2-7-17-13(11(14)9-16-17)12(18)8-10-3-5-15-6-4-10/h3-6,9H,2,7-8H2,1H3. The highest BCUT2D eigenvalue weighted by molar-refractivity contribution is 9.10. The highest BCUT2D eigenvalue weighted by Crippen LogP contribution is 2.18. The largest absolute Gasteiger partial charge is 0.292 e. The van der Waals surface area contributed by atoms with Gasteiger partial charge in [0.1, 0.15) is 5.69 Å². The zero-order valence-corrected chi connectivity index (χ0v) is 11.7. The van der Waals surface area contributed by atoms with Crippen molar-refractivity contribution in [1.82, 2.24) is 14.8 Å². The third kappa shape index (κ3) is 2.85. The second-order valence-corrected chi connectivity index (χ2v) is 4.87. The summed E-state index contributed by atoms with van der Waals surface area (Å²) in [5.74, 6) is 0.0685. The second-order valence-electron chi connectivity index (χ2n) is 4.02. The number of nitrogens with zero attached hydrogens (tertiary/aromatic N) is 3. The summed E-state index contributed by atoms with van der Waals surface area (Å²) < 4.78 is 2.52. The molecule has 2 rings (SSSR count). The predicted molar refractivity (Wildman–Crippen MR) is 72.5 cm³/mol. The summed E-state index contributed by atoms with van der Waals surface area (Å²) in [5, 5.41) is 4.20. The molecule has 0 N–H and O–H groups in total. The molecule has 18 heavy (non-hydrogen) atoms. The van der Waals surface area contributed by atoms with Gasteiger partial charge in [-0.1, -0.05) is 6.92 Å². The number of rotatable bonds is 5. The first-order chi connectivity index (χ1) is 8.72. The zero-order chi connectivity index (χ0) is 13.0. The predicted octanol–water partition coefficient (Wildman–Crippen LogP) is 2.88. The molecule has 0 aliphatic carbocycles. The number of carbonyl (C=O) groups is 1. The van der Waals surface area contributed by atoms with Crippen molar-refractivity contribution in [3.05, 3.63) is 46.5 Å². The molecule has 0 aliphatic rings. The van der Waals surface area contributed by atoms with E-state index in [1.807, 2.05) is 12.1 Å². The number of aromatic nitrogens is 3. The number of Topliss-reactive ketones (excluding diaryl/α,β-unsaturated/α-hetero) is 1. The Bertz CT molecular complexity index is 536. The van der Waals surface area contributed by atoms with Gasteiger partial charge in [-0.05, 0) is 40.0 Å². The Morgan fingerprint density at radius 2 is 2.11 bits per heavy atom. The van der Waals surface area contributed by atoms with Crippen LogP contribution in [-0.4, -0.2) is 20.5 Å². The van der Waals surface area contributed by atoms with Crippen LogP contribution in [0.15, 0.2) is 35.2 Å². The van der Waals surface area contributed by atoms with Crippen LogP contribution in [0.1, 0.15) is 29.4 Å². The molecular weight excluding hydrogens is 294 g/mol. The Morgan fingerprint density at radius 1 is 1.39 bits per heavy atom. The van der Waals surface area contributed by atoms with Gasteiger partial charge < -0.3 is 0 Å². The van der Waals surface area contributed by atoms with E-state index < -0.39 is 0 Å². The highest BCUT2D eigenvalue weighted by atomic mass is 79.9. The summed E-state index contributed by atoms with van der Waals surface area (Å²) in [6.45, 7) is 2.82. The van der Waals surface area contributed by atoms with Crippen molar-refractivity contribution in [2.24, 2.45) is 0 Å². The van der Waals surface area contributed by atoms with Gasteiger partial charge >= 0.3 is 0 Å². The molecule has 0 saturated heterocycles. The number of hydrogen-bond acceptors (Lipinski definition) is 3. The van der Waals surface area contributed by atoms with Crippen LogP contribution in [0.2, 0.25) is 0 Å². The molecular formula is C13H14BrN3O. The molecule has 0 unspecified atom stereocenters. The van der Waals surface area contributed by atoms with Gasteiger partial charge in [-0.3, -0.25) is 14.5 Å². The van der Waals surface area contributed by atoms with Crippen LogP contribution >= 0.6 is 15.9 Å². The van der Waals surface area contributed by atoms with E-state index in [2.05, 4.69) is 32.9 Å². The second kappa shape index (κ2) is 5.91. The van der Waals surface area contributed by atoms with E-state index in [1.165, 1.54) is 0 Å². The molecule has 2 aromatic heterocycles. The number of aryl methyl sites for hydroxylation is 1. The van der Waals surface area contributed by atoms with Crippen molar-refractivity contribution in [2.75, 3.05) is 0 Å². The molecule has 0 spiro atoms. The van der Waals surface area contributed by atoms with Crippen LogP contribution < -0.4 is 0 Å². The molecule has 0 bridgehead atoms. The fourth-order valence-electron chi connectivity index (χ4n) is 1.79. The molecule has 4 nitrogen and oxygen atoms in total. The van der Waals surface area contributed by atoms with Gasteiger partial charge in [0.15, 0.2) is 5.78 Å². The van der Waals surface area contributed by atoms with Crippen LogP contribution in [0.4, 0.5) is 0 Å². The van der Waals surface area contributed by atoms with Crippen molar-refractivity contribution >= 4 is 21.7 Å². The summed E-state index contributed by atoms with van der Waals surface area (Å²) in [4.78, 5) is 16.2. The highest BCUT2D eigenvalue weighted by Gasteiger charge is 2.16. The average Bonchev–Trinajstić information content (AvgIpc) is 2.72. The van der Waals surface area contributed by atoms with Gasteiger partial charge in [-0.25, -0.2) is 0 Å². The van der Waals surface area contributed by atoms with Crippen LogP contribution in [0.3, 0.4) is 0 Å². The fourth-order valence-corrected chi connectivity index (χ4v) is 2.31. The Kier molecular flexibility index (Phi) is 4.25. The molecule has 0 amide bonds. The summed E-state index contributed by atoms with van der Waals surface area (Å²) in [5.41, 5.74) is 1.61. The lowest BCUT2D eigenvalue weighted by Crippen LogP contribution is -2.13. The van der Waals surface area contributed by atoms with Crippen molar-refractivity contribution in [3.8, 4) is 0 Å². The van der Waals surface area contributed by atoms with E-state index >= 15 is 0 Å². The maximum absolute atomic E-state index is 12.3. The molecule has 2 aromatic rings. The minimum atomic E-state index is 0.0685. The monoisotopic (exact) mass is 307 g/mol. The summed E-state index contributed by atoms with van der Waals surface area (Å²) in [7, 11) is 0. The molecule has 0 aromatic carbocycles. The number of ketones is 1. The van der Waals surface area contributed by atoms with Gasteiger partial charge in [0.05, 0.1) is 10.7 Å². The van der Waals surface area contributed by atoms with Crippen LogP contribution in [0, 0.1) is 0 Å². The molecule has 0 saturated carbocycles. The Hall–Kier alpha value is -1.49. The SMILES string of the molecule is CCCn1ncc(Br)c1C(=O)Cc1ccncc1. The maximum Gasteiger partial charge on any atom is 0.186 e. The summed E-state index contributed by atoms with van der Waals surface area (Å²) in [6, 6.07) is 3.71. The van der Waals surface area contributed by atoms with E-state index in [-0.39, 0.29) is 5.78 Å². The number of hydrogen-bond donors (Lipinski definition) is 0. The number of carbonyl (C=O) groups excluding carboxylic acids is 1. The molecule has 94 valence electrons. The quantitative estimate of drug-likeness (QED) is 0.798. The van der Waals surface area contributed by atoms with Gasteiger partial charge in [0, 0.05) is 25.4 Å². The topological polar surface area (TPSA) is 47.8 Å². The summed E-state index contributed by atoms with van der Waals surface area (Å²) in [6.07, 6.45) is 6.39. The molecule has 0 radical (unpaired) electrons. The average molecular weight is 308 g/mol. The lowest BCUT2D eigenvalue weighted by Gasteiger charge is -2.06. The van der Waals surface area contributed by atoms with Crippen LogP contribution in [0.25, 0.3) is 0 Å². The van der Waals surface area contributed by atoms with E-state index in [0.717, 1.165) is 23.0 Å². The lowest BCUT2D eigenvalue weighted by molar-refractivity contribution is 0.0981. The van der Waals surface area contributed by atoms with E-state index in [1.54, 1.807) is 23.3 Å². The molecule has 0 fully saturated rings. The van der Waals surface area contributed by atoms with Crippen LogP contribution in [0.5, 0.6) is 0 Å². The van der Waals surface area contributed by atoms with E-state index in [0.29, 0.717) is 12.1 Å². The van der Waals surface area contributed by atoms with Gasteiger partial charge in [-0.15, -0.1) is 0 Å². The smallest absolute Gasteiger partial charge is 0.186 e. The van der Waals surface area contributed by atoms with Crippen molar-refractivity contribution in [3.63, 3.8) is 0 Å². The minimum Gasteiger partial charge on any atom is -0.292 e. The Labute approximate surface area is 114 Å². The van der Waals surface area contributed by atoms with Gasteiger partial charge in [0.25, 0.3) is 0 Å². The van der Waals surface area contributed by atoms with Crippen molar-refractivity contribution < 1.29 is 4.79 Å².